The molecule has 0 saturated carbocycles. The molecule has 0 aromatic heterocycles. The van der Waals surface area contributed by atoms with E-state index in [1.165, 1.54) is 12.1 Å². The molecule has 0 aliphatic carbocycles. The lowest BCUT2D eigenvalue weighted by Crippen LogP contribution is -2.52. The van der Waals surface area contributed by atoms with Crippen LogP contribution in [0, 0.1) is 5.82 Å². The fourth-order valence-corrected chi connectivity index (χ4v) is 2.23. The minimum absolute atomic E-state index is 0.113. The molecule has 1 fully saturated rings. The second-order valence-corrected chi connectivity index (χ2v) is 6.42. The minimum Gasteiger partial charge on any atom is -0.340 e. The number of halogens is 1. The summed E-state index contributed by atoms with van der Waals surface area (Å²) in [5.74, 6) is -2.21. The molecule has 1 aromatic rings. The molecule has 1 unspecified atom stereocenters. The average Bonchev–Trinajstić information content (AvgIpc) is 2.51. The molecule has 24 heavy (non-hydrogen) atoms. The molecule has 0 bridgehead atoms. The van der Waals surface area contributed by atoms with Gasteiger partial charge in [0.05, 0.1) is 5.56 Å². The number of nitrogens with one attached hydrogen (secondary N) is 2. The molecule has 1 saturated heterocycles. The van der Waals surface area contributed by atoms with E-state index in [0.717, 1.165) is 5.56 Å². The van der Waals surface area contributed by atoms with Gasteiger partial charge >= 0.3 is 0 Å². The summed E-state index contributed by atoms with van der Waals surface area (Å²) in [4.78, 5) is 34.8. The Morgan fingerprint density at radius 2 is 1.88 bits per heavy atom. The van der Waals surface area contributed by atoms with Crippen LogP contribution in [0.2, 0.25) is 0 Å². The number of piperidine rings is 1. The van der Waals surface area contributed by atoms with Crippen LogP contribution in [0.15, 0.2) is 18.2 Å². The van der Waals surface area contributed by atoms with Crippen molar-refractivity contribution in [2.45, 2.75) is 58.9 Å². The van der Waals surface area contributed by atoms with Crippen molar-refractivity contribution in [3.63, 3.8) is 0 Å². The average molecular weight is 336 g/mol. The van der Waals surface area contributed by atoms with E-state index in [2.05, 4.69) is 10.6 Å². The standard InChI is InChI=1S/C16H19FN2O3.C2H6/c1-16(2,3)9-4-5-10(11(17)8-9)14(21)18-12-6-7-13(20)19-15(12)22;1-2/h4-5,8,12H,6-7H2,1-3H3,(H,18,21)(H,19,20,22);1-2H3. The second-order valence-electron chi connectivity index (χ2n) is 6.42. The summed E-state index contributed by atoms with van der Waals surface area (Å²) in [7, 11) is 0. The normalized spacial score (nSPS) is 17.5. The van der Waals surface area contributed by atoms with Crippen molar-refractivity contribution in [3.8, 4) is 0 Å². The van der Waals surface area contributed by atoms with Crippen LogP contribution >= 0.6 is 0 Å². The molecule has 1 aliphatic heterocycles. The highest BCUT2D eigenvalue weighted by atomic mass is 19.1. The third-order valence-corrected chi connectivity index (χ3v) is 3.62. The summed E-state index contributed by atoms with van der Waals surface area (Å²) in [6.07, 6.45) is 0.375. The molecule has 1 aromatic carbocycles. The molecule has 0 radical (unpaired) electrons. The van der Waals surface area contributed by atoms with Gasteiger partial charge in [-0.2, -0.15) is 0 Å². The third kappa shape index (κ3) is 4.88. The smallest absolute Gasteiger partial charge is 0.254 e. The van der Waals surface area contributed by atoms with Crippen molar-refractivity contribution < 1.29 is 18.8 Å². The topological polar surface area (TPSA) is 75.3 Å². The largest absolute Gasteiger partial charge is 0.340 e. The zero-order chi connectivity index (χ0) is 18.5. The van der Waals surface area contributed by atoms with E-state index in [1.54, 1.807) is 6.07 Å². The molecule has 6 heteroatoms. The lowest BCUT2D eigenvalue weighted by atomic mass is 9.86. The van der Waals surface area contributed by atoms with Crippen molar-refractivity contribution >= 4 is 17.7 Å². The van der Waals surface area contributed by atoms with Gasteiger partial charge < -0.3 is 5.32 Å². The fourth-order valence-electron chi connectivity index (χ4n) is 2.23. The number of amides is 3. The predicted octanol–water partition coefficient (Wildman–Crippen LogP) is 2.68. The Hall–Kier alpha value is -2.24. The first kappa shape index (κ1) is 19.8. The highest BCUT2D eigenvalue weighted by molar-refractivity contribution is 6.03. The fraction of sp³-hybridized carbons (Fsp3) is 0.500. The maximum absolute atomic E-state index is 14.1. The molecule has 2 rings (SSSR count). The van der Waals surface area contributed by atoms with Crippen LogP contribution < -0.4 is 10.6 Å². The van der Waals surface area contributed by atoms with Crippen molar-refractivity contribution in [2.75, 3.05) is 0 Å². The minimum atomic E-state index is -0.813. The zero-order valence-corrected chi connectivity index (χ0v) is 14.8. The summed E-state index contributed by atoms with van der Waals surface area (Å²) in [5.41, 5.74) is 0.444. The Kier molecular flexibility index (Phi) is 6.63. The van der Waals surface area contributed by atoms with Crippen LogP contribution in [0.25, 0.3) is 0 Å². The van der Waals surface area contributed by atoms with Gasteiger partial charge in [-0.05, 0) is 29.5 Å². The summed E-state index contributed by atoms with van der Waals surface area (Å²) in [6.45, 7) is 9.85. The Morgan fingerprint density at radius 1 is 1.25 bits per heavy atom. The van der Waals surface area contributed by atoms with Gasteiger partial charge in [0.15, 0.2) is 0 Å². The monoisotopic (exact) mass is 336 g/mol. The summed E-state index contributed by atoms with van der Waals surface area (Å²) in [6, 6.07) is 3.63. The summed E-state index contributed by atoms with van der Waals surface area (Å²) >= 11 is 0. The number of hydrogen-bond acceptors (Lipinski definition) is 3. The van der Waals surface area contributed by atoms with Gasteiger partial charge in [-0.25, -0.2) is 4.39 Å². The molecule has 0 spiro atoms. The van der Waals surface area contributed by atoms with Gasteiger partial charge in [-0.15, -0.1) is 0 Å². The lowest BCUT2D eigenvalue weighted by Gasteiger charge is -2.22. The van der Waals surface area contributed by atoms with Gasteiger partial charge in [0.1, 0.15) is 11.9 Å². The SMILES string of the molecule is CC.CC(C)(C)c1ccc(C(=O)NC2CCC(=O)NC2=O)c(F)c1. The molecule has 1 atom stereocenters. The summed E-state index contributed by atoms with van der Waals surface area (Å²) < 4.78 is 14.1. The van der Waals surface area contributed by atoms with Crippen LogP contribution in [0.4, 0.5) is 4.39 Å². The molecular weight excluding hydrogens is 311 g/mol. The predicted molar refractivity (Wildman–Crippen MR) is 90.1 cm³/mol. The van der Waals surface area contributed by atoms with Crippen LogP contribution in [0.5, 0.6) is 0 Å². The van der Waals surface area contributed by atoms with E-state index in [1.807, 2.05) is 34.6 Å². The first-order chi connectivity index (χ1) is 11.2. The van der Waals surface area contributed by atoms with E-state index in [0.29, 0.717) is 0 Å². The Morgan fingerprint density at radius 3 is 2.38 bits per heavy atom. The van der Waals surface area contributed by atoms with E-state index in [9.17, 15) is 18.8 Å². The van der Waals surface area contributed by atoms with E-state index in [4.69, 9.17) is 0 Å². The van der Waals surface area contributed by atoms with Crippen LogP contribution in [0.1, 0.15) is 63.4 Å². The van der Waals surface area contributed by atoms with Crippen molar-refractivity contribution in [2.24, 2.45) is 0 Å². The molecule has 2 N–H and O–H groups in total. The van der Waals surface area contributed by atoms with Crippen molar-refractivity contribution in [1.82, 2.24) is 10.6 Å². The Bertz CT molecular complexity index is 636. The zero-order valence-electron chi connectivity index (χ0n) is 14.8. The Labute approximate surface area is 142 Å². The molecular formula is C18H25FN2O3. The molecule has 1 aliphatic rings. The molecule has 132 valence electrons. The van der Waals surface area contributed by atoms with Gasteiger partial charge in [-0.1, -0.05) is 40.7 Å². The third-order valence-electron chi connectivity index (χ3n) is 3.62. The molecule has 5 nitrogen and oxygen atoms in total. The van der Waals surface area contributed by atoms with Crippen LogP contribution in [-0.4, -0.2) is 23.8 Å². The van der Waals surface area contributed by atoms with Crippen molar-refractivity contribution in [3.05, 3.63) is 35.1 Å². The maximum atomic E-state index is 14.1. The summed E-state index contributed by atoms with van der Waals surface area (Å²) in [5, 5.41) is 4.60. The van der Waals surface area contributed by atoms with E-state index < -0.39 is 23.7 Å². The number of carbonyl (C=O) groups excluding carboxylic acids is 3. The van der Waals surface area contributed by atoms with Gasteiger partial charge in [0.25, 0.3) is 5.91 Å². The van der Waals surface area contributed by atoms with E-state index >= 15 is 0 Å². The second kappa shape index (κ2) is 8.04. The number of hydrogen-bond donors (Lipinski definition) is 2. The lowest BCUT2D eigenvalue weighted by molar-refractivity contribution is -0.134. The number of benzene rings is 1. The van der Waals surface area contributed by atoms with Gasteiger partial charge in [0, 0.05) is 6.42 Å². The van der Waals surface area contributed by atoms with Crippen LogP contribution in [0.3, 0.4) is 0 Å². The number of rotatable bonds is 2. The quantitative estimate of drug-likeness (QED) is 0.815. The first-order valence-electron chi connectivity index (χ1n) is 8.13. The maximum Gasteiger partial charge on any atom is 0.254 e. The molecule has 1 heterocycles. The molecule has 3 amide bonds. The highest BCUT2D eigenvalue weighted by Gasteiger charge is 2.29. The van der Waals surface area contributed by atoms with Crippen molar-refractivity contribution in [1.29, 1.82) is 0 Å². The number of carbonyl (C=O) groups is 3. The van der Waals surface area contributed by atoms with Gasteiger partial charge in [-0.3, -0.25) is 19.7 Å². The number of imide groups is 1. The van der Waals surface area contributed by atoms with Crippen LogP contribution in [-0.2, 0) is 15.0 Å². The van der Waals surface area contributed by atoms with E-state index in [-0.39, 0.29) is 29.7 Å². The Balaban J connectivity index is 0.00000139. The highest BCUT2D eigenvalue weighted by Crippen LogP contribution is 2.24. The van der Waals surface area contributed by atoms with Gasteiger partial charge in [0.2, 0.25) is 11.8 Å². The first-order valence-corrected chi connectivity index (χ1v) is 8.13.